The third kappa shape index (κ3) is 7.74. The molecule has 2 aromatic heterocycles. The van der Waals surface area contributed by atoms with Gasteiger partial charge in [-0.1, -0.05) is 24.8 Å². The normalized spacial score (nSPS) is 10.8. The van der Waals surface area contributed by atoms with Crippen LogP contribution in [0.5, 0.6) is 5.75 Å². The van der Waals surface area contributed by atoms with E-state index in [9.17, 15) is 9.59 Å². The highest BCUT2D eigenvalue weighted by atomic mass is 79.9. The third-order valence-corrected chi connectivity index (χ3v) is 6.80. The molecule has 4 aromatic rings. The second kappa shape index (κ2) is 14.8. The molecule has 2 heterocycles. The highest BCUT2D eigenvalue weighted by molar-refractivity contribution is 8.93. The topological polar surface area (TPSA) is 114 Å². The number of amides is 1. The number of rotatable bonds is 12. The average Bonchev–Trinajstić information content (AvgIpc) is 3.31. The molecule has 0 fully saturated rings. The van der Waals surface area contributed by atoms with Crippen LogP contribution in [0.4, 0.5) is 23.0 Å². The summed E-state index contributed by atoms with van der Waals surface area (Å²) in [5, 5.41) is 7.06. The lowest BCUT2D eigenvalue weighted by atomic mass is 10.1. The van der Waals surface area contributed by atoms with Crippen LogP contribution in [0.3, 0.4) is 0 Å². The quantitative estimate of drug-likeness (QED) is 0.146. The first-order valence-electron chi connectivity index (χ1n) is 13.9. The first-order chi connectivity index (χ1) is 20.5. The van der Waals surface area contributed by atoms with E-state index >= 15 is 0 Å². The zero-order valence-corrected chi connectivity index (χ0v) is 27.9. The summed E-state index contributed by atoms with van der Waals surface area (Å²) in [4.78, 5) is 38.9. The van der Waals surface area contributed by atoms with Gasteiger partial charge in [0.2, 0.25) is 11.9 Å². The van der Waals surface area contributed by atoms with E-state index in [1.807, 2.05) is 74.2 Å². The van der Waals surface area contributed by atoms with Crippen LogP contribution in [0.15, 0.2) is 61.4 Å². The van der Waals surface area contributed by atoms with E-state index < -0.39 is 5.97 Å². The standard InChI is InChI=1S/C32H39N7O4.BrH/c1-9-29(40)34-24-16-25(28(42-8)17-27(24)38(6)15-14-37(4)5)35-32-33-18-22(31(41)43-20(2)3)30(36-32)23-19-39(7)26-13-11-10-12-21(23)26;/h9-13,16-20H,1,14-15H2,2-8H3,(H,34,40)(H,33,35,36);1H. The van der Waals surface area contributed by atoms with Crippen LogP contribution in [0.25, 0.3) is 22.2 Å². The van der Waals surface area contributed by atoms with Crippen molar-refractivity contribution in [3.8, 4) is 17.0 Å². The molecule has 12 heteroatoms. The van der Waals surface area contributed by atoms with Crippen molar-refractivity contribution in [3.63, 3.8) is 0 Å². The van der Waals surface area contributed by atoms with Crippen molar-refractivity contribution >= 4 is 62.8 Å². The number of aryl methyl sites for hydroxylation is 1. The first kappa shape index (κ1) is 34.1. The van der Waals surface area contributed by atoms with Crippen LogP contribution < -0.4 is 20.3 Å². The minimum absolute atomic E-state index is 0. The molecule has 0 atom stereocenters. The highest BCUT2D eigenvalue weighted by Crippen LogP contribution is 2.39. The van der Waals surface area contributed by atoms with Crippen molar-refractivity contribution in [2.45, 2.75) is 20.0 Å². The number of nitrogens with one attached hydrogen (secondary N) is 2. The summed E-state index contributed by atoms with van der Waals surface area (Å²) < 4.78 is 13.2. The van der Waals surface area contributed by atoms with Gasteiger partial charge in [-0.2, -0.15) is 0 Å². The summed E-state index contributed by atoms with van der Waals surface area (Å²) in [6, 6.07) is 11.5. The lowest BCUT2D eigenvalue weighted by Gasteiger charge is -2.26. The fourth-order valence-corrected chi connectivity index (χ4v) is 4.63. The zero-order valence-electron chi connectivity index (χ0n) is 26.2. The zero-order chi connectivity index (χ0) is 31.3. The van der Waals surface area contributed by atoms with Gasteiger partial charge in [-0.05, 0) is 46.2 Å². The van der Waals surface area contributed by atoms with Gasteiger partial charge < -0.3 is 34.5 Å². The van der Waals surface area contributed by atoms with Crippen molar-refractivity contribution in [2.24, 2.45) is 7.05 Å². The van der Waals surface area contributed by atoms with Crippen molar-refractivity contribution < 1.29 is 19.1 Å². The smallest absolute Gasteiger partial charge is 0.342 e. The van der Waals surface area contributed by atoms with E-state index in [2.05, 4.69) is 27.1 Å². The molecule has 0 spiro atoms. The van der Waals surface area contributed by atoms with E-state index in [1.165, 1.54) is 12.3 Å². The molecule has 1 amide bonds. The van der Waals surface area contributed by atoms with Crippen LogP contribution in [0.2, 0.25) is 0 Å². The number of fused-ring (bicyclic) bond motifs is 1. The van der Waals surface area contributed by atoms with Gasteiger partial charge in [0.25, 0.3) is 0 Å². The average molecular weight is 667 g/mol. The fourth-order valence-electron chi connectivity index (χ4n) is 4.63. The van der Waals surface area contributed by atoms with Gasteiger partial charge in [-0.15, -0.1) is 17.0 Å². The monoisotopic (exact) mass is 665 g/mol. The minimum Gasteiger partial charge on any atom is -0.494 e. The Labute approximate surface area is 268 Å². The predicted octanol–water partition coefficient (Wildman–Crippen LogP) is 5.65. The fraction of sp³-hybridized carbons (Fsp3) is 0.312. The van der Waals surface area contributed by atoms with Crippen molar-refractivity contribution in [2.75, 3.05) is 56.9 Å². The SMILES string of the molecule is Br.C=CC(=O)Nc1cc(Nc2ncc(C(=O)OC(C)C)c(-c3cn(C)c4ccccc34)n2)c(OC)cc1N(C)CCN(C)C. The van der Waals surface area contributed by atoms with Gasteiger partial charge in [0, 0.05) is 62.1 Å². The summed E-state index contributed by atoms with van der Waals surface area (Å²) in [5.74, 6) is -0.110. The number of anilines is 4. The minimum atomic E-state index is -0.512. The molecule has 2 aromatic carbocycles. The van der Waals surface area contributed by atoms with Gasteiger partial charge in [0.15, 0.2) is 0 Å². The molecule has 234 valence electrons. The molecule has 0 aliphatic heterocycles. The second-order valence-corrected chi connectivity index (χ2v) is 10.7. The molecule has 0 unspecified atom stereocenters. The molecule has 0 aliphatic carbocycles. The highest BCUT2D eigenvalue weighted by Gasteiger charge is 2.23. The maximum Gasteiger partial charge on any atom is 0.342 e. The van der Waals surface area contributed by atoms with Gasteiger partial charge in [-0.3, -0.25) is 4.79 Å². The number of nitrogens with zero attached hydrogens (tertiary/aromatic N) is 5. The first-order valence-corrected chi connectivity index (χ1v) is 13.9. The molecule has 0 radical (unpaired) electrons. The number of benzene rings is 2. The molecule has 11 nitrogen and oxygen atoms in total. The predicted molar refractivity (Wildman–Crippen MR) is 182 cm³/mol. The molecule has 0 aliphatic rings. The Hall–Kier alpha value is -4.42. The number of carbonyl (C=O) groups excluding carboxylic acids is 2. The Morgan fingerprint density at radius 3 is 2.50 bits per heavy atom. The van der Waals surface area contributed by atoms with E-state index in [4.69, 9.17) is 14.5 Å². The summed E-state index contributed by atoms with van der Waals surface area (Å²) in [6.07, 6.45) is 4.31. The number of aromatic nitrogens is 3. The number of halogens is 1. The van der Waals surface area contributed by atoms with Crippen LogP contribution >= 0.6 is 17.0 Å². The van der Waals surface area contributed by atoms with E-state index in [0.29, 0.717) is 29.4 Å². The van der Waals surface area contributed by atoms with Crippen molar-refractivity contribution in [1.29, 1.82) is 0 Å². The maximum atomic E-state index is 13.1. The Morgan fingerprint density at radius 2 is 1.84 bits per heavy atom. The number of likely N-dealkylation sites (N-methyl/N-ethyl adjacent to an activating group) is 2. The Kier molecular flexibility index (Phi) is 11.5. The molecule has 4 rings (SSSR count). The van der Waals surface area contributed by atoms with Gasteiger partial charge in [0.05, 0.1) is 36.0 Å². The van der Waals surface area contributed by atoms with E-state index in [0.717, 1.165) is 28.7 Å². The summed E-state index contributed by atoms with van der Waals surface area (Å²) in [5.41, 5.74) is 4.28. The Balaban J connectivity index is 0.00000529. The number of hydrogen-bond acceptors (Lipinski definition) is 9. The van der Waals surface area contributed by atoms with E-state index in [1.54, 1.807) is 27.0 Å². The molecule has 0 bridgehead atoms. The largest absolute Gasteiger partial charge is 0.494 e. The lowest BCUT2D eigenvalue weighted by molar-refractivity contribution is -0.111. The number of carbonyl (C=O) groups is 2. The van der Waals surface area contributed by atoms with Gasteiger partial charge in [0.1, 0.15) is 11.3 Å². The molecule has 0 saturated carbocycles. The number of para-hydroxylation sites is 1. The third-order valence-electron chi connectivity index (χ3n) is 6.80. The Bertz CT molecular complexity index is 1650. The van der Waals surface area contributed by atoms with Crippen LogP contribution in [-0.2, 0) is 16.6 Å². The number of hydrogen-bond donors (Lipinski definition) is 2. The number of esters is 1. The molecular weight excluding hydrogens is 626 g/mol. The summed E-state index contributed by atoms with van der Waals surface area (Å²) >= 11 is 0. The lowest BCUT2D eigenvalue weighted by Crippen LogP contribution is -2.29. The van der Waals surface area contributed by atoms with Crippen LogP contribution in [-0.4, -0.2) is 78.8 Å². The molecule has 0 saturated heterocycles. The molecular formula is C32H40BrN7O4. The summed E-state index contributed by atoms with van der Waals surface area (Å²) in [6.45, 7) is 8.70. The maximum absolute atomic E-state index is 13.1. The van der Waals surface area contributed by atoms with E-state index in [-0.39, 0.29) is 40.5 Å². The number of methoxy groups -OCH3 is 1. The Morgan fingerprint density at radius 1 is 1.11 bits per heavy atom. The van der Waals surface area contributed by atoms with Gasteiger partial charge in [-0.25, -0.2) is 14.8 Å². The van der Waals surface area contributed by atoms with Crippen molar-refractivity contribution in [3.05, 3.63) is 67.0 Å². The number of ether oxygens (including phenoxy) is 2. The van der Waals surface area contributed by atoms with Crippen molar-refractivity contribution in [1.82, 2.24) is 19.4 Å². The summed E-state index contributed by atoms with van der Waals surface area (Å²) in [7, 11) is 9.46. The van der Waals surface area contributed by atoms with Crippen LogP contribution in [0.1, 0.15) is 24.2 Å². The molecule has 2 N–H and O–H groups in total. The molecule has 44 heavy (non-hydrogen) atoms. The second-order valence-electron chi connectivity index (χ2n) is 10.7. The van der Waals surface area contributed by atoms with Crippen LogP contribution in [0, 0.1) is 0 Å². The van der Waals surface area contributed by atoms with Gasteiger partial charge >= 0.3 is 5.97 Å².